The summed E-state index contributed by atoms with van der Waals surface area (Å²) < 4.78 is 0. The van der Waals surface area contributed by atoms with Crippen LogP contribution in [0.3, 0.4) is 0 Å². The van der Waals surface area contributed by atoms with Gasteiger partial charge in [0, 0.05) is 34.1 Å². The molecule has 0 amide bonds. The van der Waals surface area contributed by atoms with Crippen molar-refractivity contribution >= 4 is 114 Å². The van der Waals surface area contributed by atoms with Gasteiger partial charge in [-0.1, -0.05) is 265 Å². The van der Waals surface area contributed by atoms with Crippen LogP contribution >= 0.6 is 0 Å². The monoisotopic (exact) mass is 1320 g/mol. The fourth-order valence-corrected chi connectivity index (χ4v) is 16.5. The Morgan fingerprint density at radius 1 is 0.225 bits per heavy atom. The largest absolute Gasteiger partial charge is 0.310 e. The Hall–Kier alpha value is -10.5. The van der Waals surface area contributed by atoms with Gasteiger partial charge in [0.1, 0.15) is 0 Å². The number of anilines is 6. The van der Waals surface area contributed by atoms with Crippen LogP contribution in [0, 0.1) is 13.8 Å². The van der Waals surface area contributed by atoms with Crippen molar-refractivity contribution in [2.45, 2.75) is 142 Å². The first kappa shape index (κ1) is 66.0. The zero-order valence-corrected chi connectivity index (χ0v) is 59.7. The van der Waals surface area contributed by atoms with Crippen molar-refractivity contribution in [1.82, 2.24) is 0 Å². The van der Waals surface area contributed by atoms with E-state index in [1.165, 1.54) is 228 Å². The summed E-state index contributed by atoms with van der Waals surface area (Å²) in [6.07, 6.45) is 40.2. The van der Waals surface area contributed by atoms with Gasteiger partial charge < -0.3 is 9.80 Å². The second kappa shape index (κ2) is 30.7. The molecule has 0 N–H and O–H groups in total. The molecule has 0 heterocycles. The van der Waals surface area contributed by atoms with Crippen LogP contribution in [0.25, 0.3) is 79.9 Å². The van der Waals surface area contributed by atoms with Crippen LogP contribution in [-0.4, -0.2) is 0 Å². The van der Waals surface area contributed by atoms with Gasteiger partial charge in [0.2, 0.25) is 0 Å². The first-order chi connectivity index (χ1) is 50.3. The van der Waals surface area contributed by atoms with E-state index in [4.69, 9.17) is 0 Å². The molecule has 0 saturated heterocycles. The molecule has 4 aliphatic rings. The Morgan fingerprint density at radius 2 is 0.461 bits per heavy atom. The third-order valence-corrected chi connectivity index (χ3v) is 22.2. The molecule has 12 aromatic rings. The summed E-state index contributed by atoms with van der Waals surface area (Å²) in [6.45, 7) is 4.35. The maximum absolute atomic E-state index is 2.44. The molecule has 4 fully saturated rings. The third-order valence-electron chi connectivity index (χ3n) is 22.2. The minimum absolute atomic E-state index is 1.10. The van der Waals surface area contributed by atoms with Gasteiger partial charge >= 0.3 is 0 Å². The molecule has 4 aliphatic carbocycles. The molecule has 0 radical (unpaired) electrons. The molecule has 4 saturated carbocycles. The summed E-state index contributed by atoms with van der Waals surface area (Å²) >= 11 is 0. The summed E-state index contributed by atoms with van der Waals surface area (Å²) in [5.74, 6) is 0. The number of rotatable bonds is 16. The van der Waals surface area contributed by atoms with Crippen molar-refractivity contribution in [3.8, 4) is 0 Å². The van der Waals surface area contributed by atoms with Crippen molar-refractivity contribution in [1.29, 1.82) is 0 Å². The van der Waals surface area contributed by atoms with Crippen LogP contribution < -0.4 is 9.80 Å². The highest BCUT2D eigenvalue weighted by atomic mass is 15.1. The van der Waals surface area contributed by atoms with Gasteiger partial charge in [-0.25, -0.2) is 0 Å². The lowest BCUT2D eigenvalue weighted by Gasteiger charge is -2.27. The Balaban J connectivity index is 0.750. The number of hydrogen-bond acceptors (Lipinski definition) is 2. The molecule has 0 spiro atoms. The minimum atomic E-state index is 1.10. The summed E-state index contributed by atoms with van der Waals surface area (Å²) in [6, 6.07) is 96.9. The average Bonchev–Trinajstić information content (AvgIpc) is 0.734. The molecule has 16 rings (SSSR count). The minimum Gasteiger partial charge on any atom is -0.310 e. The van der Waals surface area contributed by atoms with Crippen molar-refractivity contribution in [2.75, 3.05) is 9.80 Å². The van der Waals surface area contributed by atoms with Crippen LogP contribution in [0.2, 0.25) is 0 Å². The maximum atomic E-state index is 2.44. The second-order valence-corrected chi connectivity index (χ2v) is 29.6. The van der Waals surface area contributed by atoms with Crippen molar-refractivity contribution in [3.05, 3.63) is 344 Å². The third kappa shape index (κ3) is 15.2. The SMILES string of the molecule is Cc1ccc(N(c2ccc(C=C(c3ccc(C=C4CCCCC4)cc3)c3ccc(C=C4CCCCC4)cc3)cc2)c2ccc3c(c2)c2ccccc2c2ccc(N(c4ccc(C)cc4)c4ccc(C=C(c5ccc(C=C6CCCCC6)cc5)c5ccc(C=C6CCCCC6)cc5)cc4)cc23)cc1. The second-order valence-electron chi connectivity index (χ2n) is 29.6. The molecule has 0 atom stereocenters. The fraction of sp³-hybridized carbons (Fsp3) is 0.220. The molecule has 2 nitrogen and oxygen atoms in total. The average molecular weight is 1320 g/mol. The highest BCUT2D eigenvalue weighted by Gasteiger charge is 2.21. The quantitative estimate of drug-likeness (QED) is 0.0703. The van der Waals surface area contributed by atoms with E-state index in [-0.39, 0.29) is 0 Å². The zero-order chi connectivity index (χ0) is 68.6. The number of aryl methyl sites for hydroxylation is 2. The molecule has 0 bridgehead atoms. The number of allylic oxidation sites excluding steroid dienone is 4. The number of hydrogen-bond donors (Lipinski definition) is 0. The number of benzene rings is 12. The summed E-state index contributed by atoms with van der Waals surface area (Å²) in [4.78, 5) is 4.86. The van der Waals surface area contributed by atoms with Crippen molar-refractivity contribution in [3.63, 3.8) is 0 Å². The highest BCUT2D eigenvalue weighted by molar-refractivity contribution is 6.26. The lowest BCUT2D eigenvalue weighted by atomic mass is 9.91. The van der Waals surface area contributed by atoms with Crippen LogP contribution in [0.1, 0.15) is 195 Å². The first-order valence-corrected chi connectivity index (χ1v) is 38.3. The van der Waals surface area contributed by atoms with Crippen LogP contribution in [0.15, 0.2) is 277 Å². The Morgan fingerprint density at radius 3 is 0.755 bits per heavy atom. The first-order valence-electron chi connectivity index (χ1n) is 38.3. The molecule has 2 heteroatoms. The molecule has 12 aromatic carbocycles. The number of fused-ring (bicyclic) bond motifs is 6. The Bertz CT molecular complexity index is 4680. The lowest BCUT2D eigenvalue weighted by Crippen LogP contribution is -2.10. The van der Waals surface area contributed by atoms with E-state index < -0.39 is 0 Å². The molecule has 102 heavy (non-hydrogen) atoms. The molecule has 504 valence electrons. The molecule has 0 aromatic heterocycles. The van der Waals surface area contributed by atoms with Gasteiger partial charge in [0.05, 0.1) is 0 Å². The van der Waals surface area contributed by atoms with Crippen LogP contribution in [0.5, 0.6) is 0 Å². The highest BCUT2D eigenvalue weighted by Crippen LogP contribution is 2.45. The van der Waals surface area contributed by atoms with E-state index in [0.29, 0.717) is 0 Å². The van der Waals surface area contributed by atoms with E-state index in [2.05, 4.69) is 315 Å². The van der Waals surface area contributed by atoms with Gasteiger partial charge in [0.15, 0.2) is 0 Å². The Labute approximate surface area is 606 Å². The van der Waals surface area contributed by atoms with Gasteiger partial charge in [-0.2, -0.15) is 0 Å². The van der Waals surface area contributed by atoms with E-state index in [1.54, 1.807) is 22.3 Å². The van der Waals surface area contributed by atoms with E-state index >= 15 is 0 Å². The topological polar surface area (TPSA) is 6.48 Å². The summed E-state index contributed by atoms with van der Waals surface area (Å²) in [5, 5.41) is 7.38. The van der Waals surface area contributed by atoms with Gasteiger partial charge in [-0.3, -0.25) is 0 Å². The van der Waals surface area contributed by atoms with Crippen molar-refractivity contribution in [2.24, 2.45) is 0 Å². The molecular formula is C100H94N2. The predicted octanol–water partition coefficient (Wildman–Crippen LogP) is 29.3. The predicted molar refractivity (Wildman–Crippen MR) is 442 cm³/mol. The molecule has 0 aliphatic heterocycles. The zero-order valence-electron chi connectivity index (χ0n) is 59.7. The fourth-order valence-electron chi connectivity index (χ4n) is 16.5. The van der Waals surface area contributed by atoms with E-state index in [9.17, 15) is 0 Å². The summed E-state index contributed by atoms with van der Waals surface area (Å²) in [5.41, 5.74) is 30.3. The smallest absolute Gasteiger partial charge is 0.0468 e. The maximum Gasteiger partial charge on any atom is 0.0468 e. The Kier molecular flexibility index (Phi) is 19.9. The standard InChI is InChI=1S/C100H94N2/c1-71-27-51-87(52-28-71)101(89-55-39-81(40-56-89)67-97(83-43-31-77(32-44-83)63-73-17-7-3-8-18-73)84-45-33-78(34-46-84)64-74-19-9-4-10-20-74)91-59-61-95-93-25-15-16-26-94(93)99-69-92(60-62-96(99)100(95)70-91)102(88-53-29-72(2)30-54-88)90-57-41-82(42-58-90)68-98(85-47-35-79(36-48-85)65-75-21-11-5-12-22-75)86-49-37-80(38-50-86)66-76-23-13-6-14-24-76/h15-16,25-70H,3-14,17-24H2,1-2H3. The van der Waals surface area contributed by atoms with E-state index in [0.717, 1.165) is 45.3 Å². The van der Waals surface area contributed by atoms with Crippen LogP contribution in [-0.2, 0) is 0 Å². The van der Waals surface area contributed by atoms with Gasteiger partial charge in [-0.15, -0.1) is 0 Å². The summed E-state index contributed by atoms with van der Waals surface area (Å²) in [7, 11) is 0. The van der Waals surface area contributed by atoms with Crippen LogP contribution in [0.4, 0.5) is 34.1 Å². The van der Waals surface area contributed by atoms with E-state index in [1.807, 2.05) is 0 Å². The van der Waals surface area contributed by atoms with Crippen molar-refractivity contribution < 1.29 is 0 Å². The normalized spacial score (nSPS) is 14.9. The molecule has 0 unspecified atom stereocenters. The molecular weight excluding hydrogens is 1230 g/mol. The number of nitrogens with zero attached hydrogens (tertiary/aromatic N) is 2. The lowest BCUT2D eigenvalue weighted by molar-refractivity contribution is 0.602. The van der Waals surface area contributed by atoms with Gasteiger partial charge in [-0.05, 0) is 301 Å². The van der Waals surface area contributed by atoms with Gasteiger partial charge in [0.25, 0.3) is 0 Å².